The van der Waals surface area contributed by atoms with Crippen LogP contribution >= 0.6 is 11.6 Å². The van der Waals surface area contributed by atoms with Crippen molar-refractivity contribution in [3.05, 3.63) is 69.6 Å². The minimum absolute atomic E-state index is 0.0352. The summed E-state index contributed by atoms with van der Waals surface area (Å²) >= 11 is 6.25. The van der Waals surface area contributed by atoms with Crippen LogP contribution in [0.1, 0.15) is 37.7 Å². The molecule has 2 heterocycles. The van der Waals surface area contributed by atoms with Gasteiger partial charge in [0.15, 0.2) is 5.82 Å². The number of rotatable bonds is 7. The van der Waals surface area contributed by atoms with Crippen LogP contribution in [0.2, 0.25) is 5.02 Å². The van der Waals surface area contributed by atoms with Gasteiger partial charge in [0.05, 0.1) is 22.0 Å². The van der Waals surface area contributed by atoms with E-state index in [9.17, 15) is 22.8 Å². The fourth-order valence-electron chi connectivity index (χ4n) is 3.23. The van der Waals surface area contributed by atoms with E-state index in [-0.39, 0.29) is 40.0 Å². The van der Waals surface area contributed by atoms with Crippen LogP contribution in [0.5, 0.6) is 0 Å². The van der Waals surface area contributed by atoms with Crippen LogP contribution in [0, 0.1) is 13.8 Å². The molecule has 1 aromatic carbocycles. The first-order valence-electron chi connectivity index (χ1n) is 10.5. The van der Waals surface area contributed by atoms with Gasteiger partial charge in [0.2, 0.25) is 5.84 Å². The maximum Gasteiger partial charge on any atom is 0.450 e. The lowest BCUT2D eigenvalue weighted by Crippen LogP contribution is -2.30. The van der Waals surface area contributed by atoms with Crippen LogP contribution in [0.4, 0.5) is 18.9 Å². The maximum atomic E-state index is 13.4. The Morgan fingerprint density at radius 2 is 1.92 bits per heavy atom. The van der Waals surface area contributed by atoms with E-state index >= 15 is 0 Å². The van der Waals surface area contributed by atoms with Crippen molar-refractivity contribution in [2.45, 2.75) is 26.6 Å². The molecule has 0 bridgehead atoms. The highest BCUT2D eigenvalue weighted by Gasteiger charge is 2.34. The molecule has 0 spiro atoms. The summed E-state index contributed by atoms with van der Waals surface area (Å²) in [6.07, 6.45) is -3.41. The summed E-state index contributed by atoms with van der Waals surface area (Å²) in [7, 11) is 1.47. The van der Waals surface area contributed by atoms with Crippen LogP contribution < -0.4 is 16.4 Å². The van der Waals surface area contributed by atoms with E-state index in [1.807, 2.05) is 6.92 Å². The number of hydrogen-bond acceptors (Lipinski definition) is 6. The van der Waals surface area contributed by atoms with Crippen molar-refractivity contribution in [2.75, 3.05) is 12.4 Å². The molecule has 0 aliphatic carbocycles. The van der Waals surface area contributed by atoms with Gasteiger partial charge in [-0.3, -0.25) is 9.59 Å². The first kappa shape index (κ1) is 27.3. The van der Waals surface area contributed by atoms with Gasteiger partial charge < -0.3 is 16.4 Å². The van der Waals surface area contributed by atoms with Crippen molar-refractivity contribution in [1.82, 2.24) is 20.1 Å². The minimum atomic E-state index is -4.84. The number of nitrogens with one attached hydrogen (secondary N) is 2. The van der Waals surface area contributed by atoms with Crippen molar-refractivity contribution < 1.29 is 22.8 Å². The molecule has 11 nitrogen and oxygen atoms in total. The van der Waals surface area contributed by atoms with Crippen LogP contribution in [0.3, 0.4) is 0 Å². The standard InChI is InChI=1S/C22H21ClF3N9O2/c1-11-7-12(2)17(14(8-11)19(36)28-3)31-20(37)16-9-13(10-30-34-32-21(27)22(24,25)26)33-35(16)18-15(23)5-4-6-29-18/h4-9H,10H2,1-3H3,(H,28,36)(H,31,37)(H2,27,30,32). The number of aromatic nitrogens is 3. The Labute approximate surface area is 213 Å². The van der Waals surface area contributed by atoms with Crippen molar-refractivity contribution >= 4 is 34.9 Å². The van der Waals surface area contributed by atoms with Gasteiger partial charge in [-0.2, -0.15) is 23.4 Å². The number of amides is 2. The third kappa shape index (κ3) is 6.46. The fraction of sp³-hybridized carbons (Fsp3) is 0.227. The first-order chi connectivity index (χ1) is 17.4. The van der Waals surface area contributed by atoms with E-state index in [0.29, 0.717) is 5.56 Å². The van der Waals surface area contributed by atoms with Gasteiger partial charge in [-0.15, -0.1) is 5.10 Å². The molecule has 15 heteroatoms. The molecule has 3 aromatic rings. The second kappa shape index (κ2) is 11.2. The Morgan fingerprint density at radius 3 is 2.57 bits per heavy atom. The topological polar surface area (TPSA) is 152 Å². The number of amidine groups is 1. The number of benzene rings is 1. The number of pyridine rings is 1. The van der Waals surface area contributed by atoms with E-state index in [4.69, 9.17) is 17.3 Å². The van der Waals surface area contributed by atoms with Gasteiger partial charge in [0.1, 0.15) is 12.2 Å². The lowest BCUT2D eigenvalue weighted by Gasteiger charge is -2.15. The summed E-state index contributed by atoms with van der Waals surface area (Å²) in [5, 5.41) is 19.1. The molecule has 0 saturated carbocycles. The average Bonchev–Trinajstić information content (AvgIpc) is 3.26. The van der Waals surface area contributed by atoms with Crippen LogP contribution in [-0.2, 0) is 6.54 Å². The predicted octanol–water partition coefficient (Wildman–Crippen LogP) is 3.94. The summed E-state index contributed by atoms with van der Waals surface area (Å²) in [5.74, 6) is -2.61. The first-order valence-corrected chi connectivity index (χ1v) is 10.9. The van der Waals surface area contributed by atoms with Crippen LogP contribution in [0.25, 0.3) is 5.82 Å². The van der Waals surface area contributed by atoms with Gasteiger partial charge in [0, 0.05) is 13.2 Å². The van der Waals surface area contributed by atoms with Gasteiger partial charge >= 0.3 is 6.18 Å². The number of alkyl halides is 3. The molecule has 0 fully saturated rings. The summed E-state index contributed by atoms with van der Waals surface area (Å²) in [6, 6.07) is 7.88. The summed E-state index contributed by atoms with van der Waals surface area (Å²) < 4.78 is 38.5. The van der Waals surface area contributed by atoms with Crippen molar-refractivity contribution in [3.63, 3.8) is 0 Å². The Balaban J connectivity index is 2.00. The Kier molecular flexibility index (Phi) is 8.22. The normalized spacial score (nSPS) is 12.1. The van der Waals surface area contributed by atoms with Crippen molar-refractivity contribution in [3.8, 4) is 5.82 Å². The fourth-order valence-corrected chi connectivity index (χ4v) is 3.43. The molecule has 2 aromatic heterocycles. The van der Waals surface area contributed by atoms with E-state index in [2.05, 4.69) is 36.2 Å². The van der Waals surface area contributed by atoms with E-state index in [0.717, 1.165) is 10.2 Å². The highest BCUT2D eigenvalue weighted by molar-refractivity contribution is 6.32. The van der Waals surface area contributed by atoms with E-state index in [1.54, 1.807) is 25.1 Å². The van der Waals surface area contributed by atoms with Crippen molar-refractivity contribution in [1.29, 1.82) is 0 Å². The summed E-state index contributed by atoms with van der Waals surface area (Å²) in [4.78, 5) is 30.0. The van der Waals surface area contributed by atoms with Crippen LogP contribution in [-0.4, -0.2) is 45.6 Å². The molecule has 0 radical (unpaired) electrons. The van der Waals surface area contributed by atoms with E-state index < -0.39 is 23.8 Å². The highest BCUT2D eigenvalue weighted by atomic mass is 35.5. The smallest absolute Gasteiger partial charge is 0.378 e. The predicted molar refractivity (Wildman–Crippen MR) is 130 cm³/mol. The van der Waals surface area contributed by atoms with Crippen LogP contribution in [0.15, 0.2) is 52.0 Å². The number of nitrogens with two attached hydrogens (primary N) is 1. The molecule has 2 amide bonds. The number of hydrogen-bond donors (Lipinski definition) is 3. The van der Waals surface area contributed by atoms with Gasteiger partial charge in [-0.05, 0) is 54.5 Å². The molecule has 3 rings (SSSR count). The molecule has 0 atom stereocenters. The Hall–Kier alpha value is -4.33. The number of aryl methyl sites for hydroxylation is 2. The average molecular weight is 536 g/mol. The highest BCUT2D eigenvalue weighted by Crippen LogP contribution is 2.25. The summed E-state index contributed by atoms with van der Waals surface area (Å²) in [6.45, 7) is 3.22. The lowest BCUT2D eigenvalue weighted by atomic mass is 10.0. The zero-order valence-electron chi connectivity index (χ0n) is 19.8. The van der Waals surface area contributed by atoms with Gasteiger partial charge in [0.25, 0.3) is 11.8 Å². The maximum absolute atomic E-state index is 13.4. The third-order valence-corrected chi connectivity index (χ3v) is 5.16. The second-order valence-electron chi connectivity index (χ2n) is 7.65. The molecule has 0 unspecified atom stereocenters. The number of carbonyl (C=O) groups is 2. The zero-order chi connectivity index (χ0) is 27.3. The monoisotopic (exact) mass is 535 g/mol. The molecular weight excluding hydrogens is 515 g/mol. The Morgan fingerprint density at radius 1 is 1.19 bits per heavy atom. The Bertz CT molecular complexity index is 1400. The number of carbonyl (C=O) groups excluding carboxylic acids is 2. The third-order valence-electron chi connectivity index (χ3n) is 4.86. The second-order valence-corrected chi connectivity index (χ2v) is 8.06. The largest absolute Gasteiger partial charge is 0.450 e. The van der Waals surface area contributed by atoms with E-state index in [1.165, 1.54) is 25.4 Å². The molecule has 0 aliphatic rings. The molecule has 4 N–H and O–H groups in total. The number of anilines is 1. The summed E-state index contributed by atoms with van der Waals surface area (Å²) in [5.41, 5.74) is 6.88. The number of nitrogens with zero attached hydrogens (tertiary/aromatic N) is 6. The molecule has 0 aliphatic heterocycles. The number of halogens is 4. The quantitative estimate of drug-likeness (QED) is 0.181. The zero-order valence-corrected chi connectivity index (χ0v) is 20.5. The molecule has 37 heavy (non-hydrogen) atoms. The van der Waals surface area contributed by atoms with Gasteiger partial charge in [-0.1, -0.05) is 17.7 Å². The SMILES string of the molecule is CNC(=O)c1cc(C)cc(C)c1NC(=O)c1cc(CN=NN=C(N)C(F)(F)F)nn1-c1ncccc1Cl. The molecule has 194 valence electrons. The lowest BCUT2D eigenvalue weighted by molar-refractivity contribution is -0.0600. The molecule has 0 saturated heterocycles. The molecular formula is C22H21ClF3N9O2. The van der Waals surface area contributed by atoms with Gasteiger partial charge in [-0.25, -0.2) is 9.67 Å². The van der Waals surface area contributed by atoms with Crippen molar-refractivity contribution in [2.24, 2.45) is 21.2 Å². The minimum Gasteiger partial charge on any atom is -0.378 e.